The van der Waals surface area contributed by atoms with Crippen LogP contribution in [-0.4, -0.2) is 16.9 Å². The first-order valence-corrected chi connectivity index (χ1v) is 2.10. The lowest BCUT2D eigenvalue weighted by Crippen LogP contribution is -2.05. The molecule has 1 aliphatic heterocycles. The third kappa shape index (κ3) is 0.894. The summed E-state index contributed by atoms with van der Waals surface area (Å²) in [6.45, 7) is 0.198. The fraction of sp³-hybridized carbons (Fsp3) is 0.500. The second kappa shape index (κ2) is 1.49. The average molecular weight is 117 g/mol. The van der Waals surface area contributed by atoms with Gasteiger partial charge in [0.05, 0.1) is 0 Å². The Hall–Kier alpha value is -0.580. The molecule has 0 atom stereocenters. The van der Waals surface area contributed by atoms with Gasteiger partial charge in [-0.3, -0.25) is 4.79 Å². The molecule has 0 unspecified atom stereocenters. The average Bonchev–Trinajstić information content (AvgIpc) is 1.87. The molecule has 0 aliphatic carbocycles. The standard InChI is InChI=1S/C2H3N3OS/c6-2-1-5(7)4-3-2/h7H,1H2. The topological polar surface area (TPSA) is 45.0 Å². The predicted molar refractivity (Wildman–Crippen MR) is 25.6 cm³/mol. The predicted octanol–water partition coefficient (Wildman–Crippen LogP) is 0.0406. The molecule has 0 saturated carbocycles. The molecule has 7 heavy (non-hydrogen) atoms. The zero-order chi connectivity index (χ0) is 5.28. The van der Waals surface area contributed by atoms with Gasteiger partial charge in [0.1, 0.15) is 6.54 Å². The fourth-order valence-electron chi connectivity index (χ4n) is 0.286. The maximum atomic E-state index is 10.1. The van der Waals surface area contributed by atoms with Gasteiger partial charge in [-0.15, -0.1) is 0 Å². The minimum absolute atomic E-state index is 0.198. The summed E-state index contributed by atoms with van der Waals surface area (Å²) in [5, 5.41) is 6.44. The maximum Gasteiger partial charge on any atom is 0.288 e. The lowest BCUT2D eigenvalue weighted by atomic mass is 10.7. The summed E-state index contributed by atoms with van der Waals surface area (Å²) < 4.78 is 1.18. The minimum Gasteiger partial charge on any atom is -0.269 e. The first-order valence-electron chi connectivity index (χ1n) is 1.70. The van der Waals surface area contributed by atoms with Crippen LogP contribution in [0, 0.1) is 0 Å². The van der Waals surface area contributed by atoms with E-state index < -0.39 is 0 Å². The summed E-state index contributed by atoms with van der Waals surface area (Å²) in [7, 11) is 0. The van der Waals surface area contributed by atoms with Gasteiger partial charge in [0.2, 0.25) is 0 Å². The molecule has 1 rings (SSSR count). The van der Waals surface area contributed by atoms with Crippen LogP contribution in [0.15, 0.2) is 10.3 Å². The number of amides is 1. The van der Waals surface area contributed by atoms with Crippen molar-refractivity contribution < 1.29 is 4.79 Å². The Morgan fingerprint density at radius 1 is 1.86 bits per heavy atom. The van der Waals surface area contributed by atoms with Gasteiger partial charge >= 0.3 is 0 Å². The van der Waals surface area contributed by atoms with Crippen LogP contribution in [0.4, 0.5) is 0 Å². The second-order valence-corrected chi connectivity index (χ2v) is 1.58. The van der Waals surface area contributed by atoms with E-state index in [9.17, 15) is 4.79 Å². The van der Waals surface area contributed by atoms with Crippen molar-refractivity contribution in [2.45, 2.75) is 0 Å². The Kier molecular flexibility index (Phi) is 0.976. The summed E-state index contributed by atoms with van der Waals surface area (Å²) >= 11 is 3.70. The molecule has 0 saturated heterocycles. The SMILES string of the molecule is O=C1CN(S)N=N1. The molecular weight excluding hydrogens is 114 g/mol. The van der Waals surface area contributed by atoms with E-state index in [4.69, 9.17) is 0 Å². The van der Waals surface area contributed by atoms with Crippen LogP contribution in [0.5, 0.6) is 0 Å². The monoisotopic (exact) mass is 117 g/mol. The highest BCUT2D eigenvalue weighted by atomic mass is 32.1. The number of thiol groups is 1. The van der Waals surface area contributed by atoms with E-state index in [0.717, 1.165) is 0 Å². The summed E-state index contributed by atoms with van der Waals surface area (Å²) in [5.74, 6) is -0.241. The van der Waals surface area contributed by atoms with E-state index in [1.54, 1.807) is 0 Å². The van der Waals surface area contributed by atoms with Gasteiger partial charge in [-0.2, -0.15) is 0 Å². The van der Waals surface area contributed by atoms with Crippen LogP contribution in [0.3, 0.4) is 0 Å². The van der Waals surface area contributed by atoms with Gasteiger partial charge in [-0.05, 0) is 12.8 Å². The van der Waals surface area contributed by atoms with Crippen LogP contribution in [0.1, 0.15) is 0 Å². The number of rotatable bonds is 0. The van der Waals surface area contributed by atoms with Gasteiger partial charge in [0.15, 0.2) is 0 Å². The molecule has 1 amide bonds. The van der Waals surface area contributed by atoms with Gasteiger partial charge in [-0.1, -0.05) is 10.3 Å². The van der Waals surface area contributed by atoms with Crippen molar-refractivity contribution in [3.05, 3.63) is 0 Å². The Labute approximate surface area is 45.7 Å². The third-order valence-electron chi connectivity index (χ3n) is 0.536. The van der Waals surface area contributed by atoms with E-state index in [1.807, 2.05) is 0 Å². The zero-order valence-electron chi connectivity index (χ0n) is 3.40. The van der Waals surface area contributed by atoms with E-state index in [2.05, 4.69) is 23.2 Å². The molecule has 0 bridgehead atoms. The largest absolute Gasteiger partial charge is 0.288 e. The van der Waals surface area contributed by atoms with Gasteiger partial charge in [0, 0.05) is 0 Å². The molecule has 0 aromatic heterocycles. The van der Waals surface area contributed by atoms with Crippen LogP contribution < -0.4 is 0 Å². The molecule has 0 N–H and O–H groups in total. The molecule has 0 fully saturated rings. The molecule has 38 valence electrons. The number of carbonyl (C=O) groups is 1. The molecule has 0 radical (unpaired) electrons. The summed E-state index contributed by atoms with van der Waals surface area (Å²) in [6, 6.07) is 0. The Bertz CT molecular complexity index is 122. The molecule has 5 heteroatoms. The fourth-order valence-corrected chi connectivity index (χ4v) is 0.447. The van der Waals surface area contributed by atoms with Crippen LogP contribution in [0.25, 0.3) is 0 Å². The van der Waals surface area contributed by atoms with Gasteiger partial charge in [0.25, 0.3) is 5.91 Å². The van der Waals surface area contributed by atoms with Crippen molar-refractivity contribution in [3.63, 3.8) is 0 Å². The highest BCUT2D eigenvalue weighted by molar-refractivity contribution is 7.77. The summed E-state index contributed by atoms with van der Waals surface area (Å²) in [6.07, 6.45) is 0. The van der Waals surface area contributed by atoms with E-state index in [1.165, 1.54) is 4.41 Å². The molecular formula is C2H3N3OS. The lowest BCUT2D eigenvalue weighted by Gasteiger charge is -1.93. The van der Waals surface area contributed by atoms with Crippen molar-refractivity contribution in [1.29, 1.82) is 0 Å². The Balaban J connectivity index is 2.58. The third-order valence-corrected chi connectivity index (χ3v) is 0.758. The molecule has 1 heterocycles. The number of carbonyl (C=O) groups excluding carboxylic acids is 1. The van der Waals surface area contributed by atoms with Crippen molar-refractivity contribution in [3.8, 4) is 0 Å². The minimum atomic E-state index is -0.241. The summed E-state index contributed by atoms with van der Waals surface area (Å²) in [5.41, 5.74) is 0. The van der Waals surface area contributed by atoms with E-state index >= 15 is 0 Å². The number of nitrogens with zero attached hydrogens (tertiary/aromatic N) is 3. The van der Waals surface area contributed by atoms with Gasteiger partial charge < -0.3 is 0 Å². The van der Waals surface area contributed by atoms with E-state index in [0.29, 0.717) is 0 Å². The molecule has 0 spiro atoms. The van der Waals surface area contributed by atoms with Gasteiger partial charge in [-0.25, -0.2) is 4.41 Å². The number of hydrogen-bond acceptors (Lipinski definition) is 4. The Morgan fingerprint density at radius 3 is 2.71 bits per heavy atom. The van der Waals surface area contributed by atoms with Crippen LogP contribution >= 0.6 is 12.8 Å². The smallest absolute Gasteiger partial charge is 0.269 e. The molecule has 1 aliphatic rings. The first-order chi connectivity index (χ1) is 3.29. The second-order valence-electron chi connectivity index (χ2n) is 1.11. The van der Waals surface area contributed by atoms with Crippen LogP contribution in [0.2, 0.25) is 0 Å². The normalized spacial score (nSPS) is 19.0. The molecule has 0 aromatic carbocycles. The lowest BCUT2D eigenvalue weighted by molar-refractivity contribution is -0.116. The number of hydrogen-bond donors (Lipinski definition) is 1. The first kappa shape index (κ1) is 4.58. The van der Waals surface area contributed by atoms with E-state index in [-0.39, 0.29) is 12.5 Å². The van der Waals surface area contributed by atoms with Crippen molar-refractivity contribution >= 4 is 18.7 Å². The molecule has 0 aromatic rings. The Morgan fingerprint density at radius 2 is 2.57 bits per heavy atom. The highest BCUT2D eigenvalue weighted by Gasteiger charge is 2.10. The van der Waals surface area contributed by atoms with Crippen LogP contribution in [-0.2, 0) is 4.79 Å². The van der Waals surface area contributed by atoms with Crippen molar-refractivity contribution in [2.75, 3.05) is 6.54 Å². The quantitative estimate of drug-likeness (QED) is 0.455. The summed E-state index contributed by atoms with van der Waals surface area (Å²) in [4.78, 5) is 10.1. The molecule has 4 nitrogen and oxygen atoms in total. The van der Waals surface area contributed by atoms with Crippen molar-refractivity contribution in [2.24, 2.45) is 10.3 Å². The zero-order valence-corrected chi connectivity index (χ0v) is 4.30. The van der Waals surface area contributed by atoms with Crippen molar-refractivity contribution in [1.82, 2.24) is 4.41 Å². The maximum absolute atomic E-state index is 10.1. The highest BCUT2D eigenvalue weighted by Crippen LogP contribution is 2.02.